The summed E-state index contributed by atoms with van der Waals surface area (Å²) in [5, 5.41) is 7.56. The molecule has 0 bridgehead atoms. The lowest BCUT2D eigenvalue weighted by atomic mass is 10.0. The van der Waals surface area contributed by atoms with E-state index in [1.54, 1.807) is 0 Å². The van der Waals surface area contributed by atoms with E-state index in [-0.39, 0.29) is 0 Å². The van der Waals surface area contributed by atoms with Gasteiger partial charge >= 0.3 is 0 Å². The van der Waals surface area contributed by atoms with Crippen molar-refractivity contribution < 1.29 is 0 Å². The summed E-state index contributed by atoms with van der Waals surface area (Å²) >= 11 is 0. The van der Waals surface area contributed by atoms with Crippen LogP contribution in [0.1, 0.15) is 0 Å². The second kappa shape index (κ2) is 10.8. The highest BCUT2D eigenvalue weighted by molar-refractivity contribution is 6.11. The second-order valence-electron chi connectivity index (χ2n) is 11.8. The van der Waals surface area contributed by atoms with Crippen LogP contribution in [0.25, 0.3) is 60.2 Å². The fourth-order valence-corrected chi connectivity index (χ4v) is 6.96. The maximum Gasteiger partial charge on any atom is 0.0541 e. The van der Waals surface area contributed by atoms with Gasteiger partial charge in [-0.25, -0.2) is 0 Å². The molecule has 1 aromatic heterocycles. The molecule has 0 spiro atoms. The first-order valence-electron chi connectivity index (χ1n) is 15.8. The van der Waals surface area contributed by atoms with Gasteiger partial charge in [0.2, 0.25) is 0 Å². The number of benzene rings is 8. The van der Waals surface area contributed by atoms with Crippen molar-refractivity contribution in [2.75, 3.05) is 4.90 Å². The molecule has 216 valence electrons. The Labute approximate surface area is 268 Å². The van der Waals surface area contributed by atoms with E-state index in [4.69, 9.17) is 0 Å². The zero-order chi connectivity index (χ0) is 30.5. The monoisotopic (exact) mass is 586 g/mol. The molecule has 0 aliphatic heterocycles. The number of hydrogen-bond acceptors (Lipinski definition) is 1. The Balaban J connectivity index is 1.15. The minimum atomic E-state index is 1.12. The van der Waals surface area contributed by atoms with Crippen molar-refractivity contribution >= 4 is 60.4 Å². The van der Waals surface area contributed by atoms with E-state index >= 15 is 0 Å². The molecule has 0 unspecified atom stereocenters. The number of nitrogens with zero attached hydrogens (tertiary/aromatic N) is 2. The first kappa shape index (κ1) is 26.3. The molecule has 9 rings (SSSR count). The predicted octanol–water partition coefficient (Wildman–Crippen LogP) is 12.2. The summed E-state index contributed by atoms with van der Waals surface area (Å²) in [6.07, 6.45) is 0. The number of anilines is 3. The first-order chi connectivity index (χ1) is 22.8. The largest absolute Gasteiger partial charge is 0.310 e. The first-order valence-corrected chi connectivity index (χ1v) is 15.8. The molecule has 46 heavy (non-hydrogen) atoms. The highest BCUT2D eigenvalue weighted by atomic mass is 15.1. The number of fused-ring (bicyclic) bond motifs is 6. The third kappa shape index (κ3) is 4.35. The van der Waals surface area contributed by atoms with Crippen LogP contribution >= 0.6 is 0 Å². The lowest BCUT2D eigenvalue weighted by molar-refractivity contribution is 1.18. The summed E-state index contributed by atoms with van der Waals surface area (Å²) in [6.45, 7) is 0. The van der Waals surface area contributed by atoms with Gasteiger partial charge in [-0.05, 0) is 99.4 Å². The van der Waals surface area contributed by atoms with Crippen molar-refractivity contribution in [3.8, 4) is 16.8 Å². The lowest BCUT2D eigenvalue weighted by Gasteiger charge is -2.26. The van der Waals surface area contributed by atoms with Crippen LogP contribution in [0.3, 0.4) is 0 Å². The van der Waals surface area contributed by atoms with Gasteiger partial charge in [0.1, 0.15) is 0 Å². The van der Waals surface area contributed by atoms with Crippen LogP contribution in [-0.4, -0.2) is 4.57 Å². The normalized spacial score (nSPS) is 11.5. The topological polar surface area (TPSA) is 8.17 Å². The third-order valence-corrected chi connectivity index (χ3v) is 9.15. The standard InChI is InChI=1S/C44H30N2/c1-3-12-35(13-4-1)45(38-27-23-33-20-19-32-11-7-8-16-39(32)41(33)30-38)37-25-21-31(22-26-37)34-24-28-44-42(29-34)40-17-9-10-18-43(40)46(44)36-14-5-2-6-15-36/h1-30H. The highest BCUT2D eigenvalue weighted by Crippen LogP contribution is 2.39. The Morgan fingerprint density at radius 1 is 0.326 bits per heavy atom. The van der Waals surface area contributed by atoms with Gasteiger partial charge < -0.3 is 9.47 Å². The van der Waals surface area contributed by atoms with Crippen LogP contribution in [0.2, 0.25) is 0 Å². The van der Waals surface area contributed by atoms with Crippen LogP contribution in [0, 0.1) is 0 Å². The fraction of sp³-hybridized carbons (Fsp3) is 0. The van der Waals surface area contributed by atoms with Crippen LogP contribution in [0.5, 0.6) is 0 Å². The molecular formula is C44H30N2. The van der Waals surface area contributed by atoms with Crippen molar-refractivity contribution in [3.05, 3.63) is 182 Å². The van der Waals surface area contributed by atoms with Crippen molar-refractivity contribution in [2.24, 2.45) is 0 Å². The molecule has 0 atom stereocenters. The molecule has 2 heteroatoms. The van der Waals surface area contributed by atoms with E-state index in [1.807, 2.05) is 0 Å². The Bertz CT molecular complexity index is 2510. The van der Waals surface area contributed by atoms with E-state index in [2.05, 4.69) is 191 Å². The maximum atomic E-state index is 2.36. The number of para-hydroxylation sites is 3. The molecule has 0 saturated carbocycles. The molecule has 1 heterocycles. The summed E-state index contributed by atoms with van der Waals surface area (Å²) in [4.78, 5) is 2.35. The van der Waals surface area contributed by atoms with Crippen molar-refractivity contribution in [1.82, 2.24) is 4.57 Å². The lowest BCUT2D eigenvalue weighted by Crippen LogP contribution is -2.09. The van der Waals surface area contributed by atoms with Crippen LogP contribution in [0.15, 0.2) is 182 Å². The van der Waals surface area contributed by atoms with E-state index < -0.39 is 0 Å². The van der Waals surface area contributed by atoms with E-state index in [9.17, 15) is 0 Å². The molecule has 9 aromatic rings. The summed E-state index contributed by atoms with van der Waals surface area (Å²) in [6, 6.07) is 65.7. The molecule has 0 aliphatic carbocycles. The van der Waals surface area contributed by atoms with Gasteiger partial charge in [0.05, 0.1) is 11.0 Å². The maximum absolute atomic E-state index is 2.36. The van der Waals surface area contributed by atoms with Gasteiger partial charge in [0.25, 0.3) is 0 Å². The fourth-order valence-electron chi connectivity index (χ4n) is 6.96. The Morgan fingerprint density at radius 3 is 1.70 bits per heavy atom. The summed E-state index contributed by atoms with van der Waals surface area (Å²) in [5.41, 5.74) is 9.40. The van der Waals surface area contributed by atoms with E-state index in [0.717, 1.165) is 17.1 Å². The van der Waals surface area contributed by atoms with E-state index in [1.165, 1.54) is 60.2 Å². The second-order valence-corrected chi connectivity index (χ2v) is 11.8. The van der Waals surface area contributed by atoms with Crippen molar-refractivity contribution in [3.63, 3.8) is 0 Å². The molecular weight excluding hydrogens is 556 g/mol. The molecule has 2 nitrogen and oxygen atoms in total. The van der Waals surface area contributed by atoms with Gasteiger partial charge in [0, 0.05) is 33.5 Å². The van der Waals surface area contributed by atoms with Crippen LogP contribution in [-0.2, 0) is 0 Å². The Kier molecular flexibility index (Phi) is 6.17. The quantitative estimate of drug-likeness (QED) is 0.182. The van der Waals surface area contributed by atoms with Crippen molar-refractivity contribution in [1.29, 1.82) is 0 Å². The van der Waals surface area contributed by atoms with Gasteiger partial charge in [-0.3, -0.25) is 0 Å². The average molecular weight is 587 g/mol. The smallest absolute Gasteiger partial charge is 0.0541 e. The predicted molar refractivity (Wildman–Crippen MR) is 196 cm³/mol. The zero-order valence-corrected chi connectivity index (χ0v) is 25.2. The van der Waals surface area contributed by atoms with Crippen LogP contribution < -0.4 is 4.90 Å². The average Bonchev–Trinajstić information content (AvgIpc) is 3.46. The van der Waals surface area contributed by atoms with Gasteiger partial charge in [0.15, 0.2) is 0 Å². The number of rotatable bonds is 5. The molecule has 0 radical (unpaired) electrons. The molecule has 0 saturated heterocycles. The highest BCUT2D eigenvalue weighted by Gasteiger charge is 2.16. The Morgan fingerprint density at radius 2 is 0.891 bits per heavy atom. The van der Waals surface area contributed by atoms with Crippen LogP contribution in [0.4, 0.5) is 17.1 Å². The minimum absolute atomic E-state index is 1.12. The van der Waals surface area contributed by atoms with E-state index in [0.29, 0.717) is 0 Å². The number of hydrogen-bond donors (Lipinski definition) is 0. The molecule has 8 aromatic carbocycles. The SMILES string of the molecule is c1ccc(N(c2ccc(-c3ccc4c(c3)c3ccccc3n4-c3ccccc3)cc2)c2ccc3ccc4ccccc4c3c2)cc1. The summed E-state index contributed by atoms with van der Waals surface area (Å²) in [5.74, 6) is 0. The van der Waals surface area contributed by atoms with Crippen molar-refractivity contribution in [2.45, 2.75) is 0 Å². The third-order valence-electron chi connectivity index (χ3n) is 9.15. The van der Waals surface area contributed by atoms with Gasteiger partial charge in [-0.15, -0.1) is 0 Å². The van der Waals surface area contributed by atoms with Gasteiger partial charge in [-0.2, -0.15) is 0 Å². The van der Waals surface area contributed by atoms with Gasteiger partial charge in [-0.1, -0.05) is 115 Å². The summed E-state index contributed by atoms with van der Waals surface area (Å²) in [7, 11) is 0. The molecule has 0 amide bonds. The number of aromatic nitrogens is 1. The Hall–Kier alpha value is -6.12. The molecule has 0 N–H and O–H groups in total. The minimum Gasteiger partial charge on any atom is -0.310 e. The zero-order valence-electron chi connectivity index (χ0n) is 25.2. The summed E-state index contributed by atoms with van der Waals surface area (Å²) < 4.78 is 2.36. The molecule has 0 fully saturated rings. The molecule has 0 aliphatic rings.